The number of nitrogens with one attached hydrogen (secondary N) is 1. The Morgan fingerprint density at radius 3 is 2.71 bits per heavy atom. The van der Waals surface area contributed by atoms with E-state index in [1.54, 1.807) is 25.3 Å². The number of H-pyrrole nitrogens is 1. The second-order valence-electron chi connectivity index (χ2n) is 5.52. The van der Waals surface area contributed by atoms with Crippen molar-refractivity contribution in [1.29, 1.82) is 0 Å². The van der Waals surface area contributed by atoms with E-state index in [4.69, 9.17) is 4.74 Å². The minimum atomic E-state index is -0.614. The summed E-state index contributed by atoms with van der Waals surface area (Å²) in [6, 6.07) is 3.47. The zero-order valence-electron chi connectivity index (χ0n) is 13.4. The lowest BCUT2D eigenvalue weighted by molar-refractivity contribution is -0.130. The summed E-state index contributed by atoms with van der Waals surface area (Å²) in [5, 5.41) is 3.58. The van der Waals surface area contributed by atoms with Crippen LogP contribution in [0.2, 0.25) is 0 Å². The molecule has 3 heterocycles. The summed E-state index contributed by atoms with van der Waals surface area (Å²) >= 11 is 0. The first-order valence-electron chi connectivity index (χ1n) is 7.75. The van der Waals surface area contributed by atoms with Gasteiger partial charge in [-0.05, 0) is 12.1 Å². The highest BCUT2D eigenvalue weighted by atomic mass is 16.5. The lowest BCUT2D eigenvalue weighted by atomic mass is 10.3. The molecule has 0 unspecified atom stereocenters. The highest BCUT2D eigenvalue weighted by molar-refractivity contribution is 5.73. The van der Waals surface area contributed by atoms with Crippen LogP contribution >= 0.6 is 0 Å². The van der Waals surface area contributed by atoms with E-state index in [1.807, 2.05) is 4.90 Å². The maximum Gasteiger partial charge on any atom is 0.439 e. The molecule has 1 aliphatic rings. The first-order valence-corrected chi connectivity index (χ1v) is 7.75. The van der Waals surface area contributed by atoms with Gasteiger partial charge in [0.25, 0.3) is 0 Å². The average molecular weight is 333 g/mol. The molecule has 2 aromatic rings. The fraction of sp³-hybridized carbons (Fsp3) is 0.467. The quantitative estimate of drug-likeness (QED) is 0.819. The number of hydrogen-bond acceptors (Lipinski definition) is 7. The number of amides is 1. The van der Waals surface area contributed by atoms with Crippen LogP contribution < -0.4 is 10.5 Å². The fourth-order valence-electron chi connectivity index (χ4n) is 2.52. The molecule has 0 saturated carbocycles. The van der Waals surface area contributed by atoms with Crippen molar-refractivity contribution in [2.45, 2.75) is 6.92 Å². The molecule has 1 saturated heterocycles. The van der Waals surface area contributed by atoms with Crippen molar-refractivity contribution >= 4 is 5.91 Å². The van der Waals surface area contributed by atoms with Gasteiger partial charge in [-0.3, -0.25) is 19.2 Å². The van der Waals surface area contributed by atoms with Crippen molar-refractivity contribution in [2.24, 2.45) is 0 Å². The Hall–Kier alpha value is -2.68. The van der Waals surface area contributed by atoms with Gasteiger partial charge < -0.3 is 9.64 Å². The number of pyridine rings is 1. The van der Waals surface area contributed by atoms with Gasteiger partial charge in [-0.15, -0.1) is 0 Å². The summed E-state index contributed by atoms with van der Waals surface area (Å²) in [7, 11) is 0. The Balaban J connectivity index is 1.44. The molecule has 3 rings (SSSR count). The van der Waals surface area contributed by atoms with Gasteiger partial charge >= 0.3 is 5.76 Å². The fourth-order valence-corrected chi connectivity index (χ4v) is 2.52. The number of carbonyl (C=O) groups excluding carboxylic acids is 1. The lowest BCUT2D eigenvalue weighted by Crippen LogP contribution is -2.48. The normalized spacial score (nSPS) is 15.5. The van der Waals surface area contributed by atoms with E-state index >= 15 is 0 Å². The molecular weight excluding hydrogens is 314 g/mol. The van der Waals surface area contributed by atoms with Crippen LogP contribution in [0.4, 0.5) is 0 Å². The predicted molar refractivity (Wildman–Crippen MR) is 84.5 cm³/mol. The van der Waals surface area contributed by atoms with E-state index in [2.05, 4.69) is 24.5 Å². The molecule has 0 bridgehead atoms. The Morgan fingerprint density at radius 1 is 1.33 bits per heavy atom. The van der Waals surface area contributed by atoms with Crippen LogP contribution in [0, 0.1) is 0 Å². The third-order valence-electron chi connectivity index (χ3n) is 3.91. The van der Waals surface area contributed by atoms with Crippen molar-refractivity contribution in [3.8, 4) is 17.3 Å². The molecule has 0 aromatic carbocycles. The molecule has 0 spiro atoms. The van der Waals surface area contributed by atoms with Crippen LogP contribution in [0.15, 0.2) is 27.6 Å². The molecule has 1 N–H and O–H groups in total. The van der Waals surface area contributed by atoms with Crippen LogP contribution in [-0.2, 0) is 4.79 Å². The Bertz CT molecular complexity index is 731. The molecule has 128 valence electrons. The van der Waals surface area contributed by atoms with Gasteiger partial charge in [-0.1, -0.05) is 5.16 Å². The number of rotatable bonds is 5. The van der Waals surface area contributed by atoms with E-state index in [1.165, 1.54) is 0 Å². The monoisotopic (exact) mass is 333 g/mol. The summed E-state index contributed by atoms with van der Waals surface area (Å²) in [5.41, 5.74) is 0.508. The maximum absolute atomic E-state index is 11.3. The maximum atomic E-state index is 11.3. The summed E-state index contributed by atoms with van der Waals surface area (Å²) in [5.74, 6) is 0.448. The lowest BCUT2D eigenvalue weighted by Gasteiger charge is -2.33. The molecule has 0 radical (unpaired) electrons. The molecule has 1 aliphatic heterocycles. The SMILES string of the molecule is CC(=O)N1CCN(CCOc2ccc(-c3noc(=O)[nH]3)nc2)CC1. The average Bonchev–Trinajstić information content (AvgIpc) is 3.02. The standard InChI is InChI=1S/C15H19N5O4/c1-11(21)20-6-4-19(5-7-20)8-9-23-12-2-3-13(16-10-12)14-17-15(22)24-18-14/h2-3,10H,4-9H2,1H3,(H,17,18,22). The van der Waals surface area contributed by atoms with Gasteiger partial charge in [0, 0.05) is 39.6 Å². The van der Waals surface area contributed by atoms with E-state index in [9.17, 15) is 9.59 Å². The summed E-state index contributed by atoms with van der Waals surface area (Å²) < 4.78 is 10.1. The van der Waals surface area contributed by atoms with E-state index in [0.717, 1.165) is 32.7 Å². The summed E-state index contributed by atoms with van der Waals surface area (Å²) in [4.78, 5) is 32.9. The van der Waals surface area contributed by atoms with Crippen molar-refractivity contribution in [2.75, 3.05) is 39.3 Å². The van der Waals surface area contributed by atoms with Gasteiger partial charge in [0.15, 0.2) is 0 Å². The van der Waals surface area contributed by atoms with Crippen LogP contribution in [0.25, 0.3) is 11.5 Å². The van der Waals surface area contributed by atoms with Gasteiger partial charge in [0.1, 0.15) is 18.1 Å². The van der Waals surface area contributed by atoms with Crippen LogP contribution in [-0.4, -0.2) is 70.2 Å². The zero-order valence-corrected chi connectivity index (χ0v) is 13.4. The number of aromatic amines is 1. The largest absolute Gasteiger partial charge is 0.491 e. The Kier molecular flexibility index (Phi) is 4.90. The minimum absolute atomic E-state index is 0.130. The van der Waals surface area contributed by atoms with Crippen molar-refractivity contribution in [3.05, 3.63) is 28.9 Å². The van der Waals surface area contributed by atoms with Crippen LogP contribution in [0.5, 0.6) is 5.75 Å². The summed E-state index contributed by atoms with van der Waals surface area (Å²) in [6.07, 6.45) is 1.58. The van der Waals surface area contributed by atoms with Crippen LogP contribution in [0.1, 0.15) is 6.92 Å². The zero-order chi connectivity index (χ0) is 16.9. The molecule has 9 nitrogen and oxygen atoms in total. The molecular formula is C15H19N5O4. The number of hydrogen-bond donors (Lipinski definition) is 1. The number of aromatic nitrogens is 3. The van der Waals surface area contributed by atoms with Gasteiger partial charge in [-0.2, -0.15) is 0 Å². The second kappa shape index (κ2) is 7.26. The minimum Gasteiger partial charge on any atom is -0.491 e. The Morgan fingerprint density at radius 2 is 2.12 bits per heavy atom. The van der Waals surface area contributed by atoms with Crippen molar-refractivity contribution in [1.82, 2.24) is 24.9 Å². The molecule has 0 atom stereocenters. The molecule has 1 fully saturated rings. The predicted octanol–water partition coefficient (Wildman–Crippen LogP) is -0.0322. The van der Waals surface area contributed by atoms with E-state index in [-0.39, 0.29) is 11.7 Å². The molecule has 0 aliphatic carbocycles. The van der Waals surface area contributed by atoms with Gasteiger partial charge in [0.2, 0.25) is 11.7 Å². The van der Waals surface area contributed by atoms with E-state index in [0.29, 0.717) is 18.1 Å². The van der Waals surface area contributed by atoms with Gasteiger partial charge in [0.05, 0.1) is 6.20 Å². The number of ether oxygens (including phenoxy) is 1. The first kappa shape index (κ1) is 16.2. The third kappa shape index (κ3) is 3.99. The Labute approximate surface area is 138 Å². The third-order valence-corrected chi connectivity index (χ3v) is 3.91. The highest BCUT2D eigenvalue weighted by Gasteiger charge is 2.18. The number of nitrogens with zero attached hydrogens (tertiary/aromatic N) is 4. The molecule has 24 heavy (non-hydrogen) atoms. The van der Waals surface area contributed by atoms with Crippen molar-refractivity contribution in [3.63, 3.8) is 0 Å². The number of carbonyl (C=O) groups is 1. The molecule has 9 heteroatoms. The topological polar surface area (TPSA) is 105 Å². The first-order chi connectivity index (χ1) is 11.6. The molecule has 1 amide bonds. The number of piperazine rings is 1. The summed E-state index contributed by atoms with van der Waals surface area (Å²) in [6.45, 7) is 6.19. The van der Waals surface area contributed by atoms with E-state index < -0.39 is 5.76 Å². The smallest absolute Gasteiger partial charge is 0.439 e. The van der Waals surface area contributed by atoms with Crippen molar-refractivity contribution < 1.29 is 14.1 Å². The van der Waals surface area contributed by atoms with Crippen LogP contribution in [0.3, 0.4) is 0 Å². The molecule has 2 aromatic heterocycles. The second-order valence-corrected chi connectivity index (χ2v) is 5.52. The van der Waals surface area contributed by atoms with Gasteiger partial charge in [-0.25, -0.2) is 9.78 Å². The highest BCUT2D eigenvalue weighted by Crippen LogP contribution is 2.15.